The molecule has 5 nitrogen and oxygen atoms in total. The van der Waals surface area contributed by atoms with Gasteiger partial charge in [0.1, 0.15) is 0 Å². The van der Waals surface area contributed by atoms with E-state index in [2.05, 4.69) is 10.3 Å². The average molecular weight is 321 g/mol. The molecule has 3 heterocycles. The number of hydrogen-bond donors (Lipinski definition) is 1. The van der Waals surface area contributed by atoms with Crippen molar-refractivity contribution in [1.29, 1.82) is 0 Å². The Kier molecular flexibility index (Phi) is 3.76. The third kappa shape index (κ3) is 2.66. The highest BCUT2D eigenvalue weighted by Gasteiger charge is 2.30. The summed E-state index contributed by atoms with van der Waals surface area (Å²) in [5.41, 5.74) is 4.81. The molecule has 122 valence electrons. The summed E-state index contributed by atoms with van der Waals surface area (Å²) in [7, 11) is 0. The Morgan fingerprint density at radius 1 is 1.17 bits per heavy atom. The fourth-order valence-corrected chi connectivity index (χ4v) is 3.56. The Balaban J connectivity index is 1.58. The molecule has 1 aromatic heterocycles. The van der Waals surface area contributed by atoms with Crippen LogP contribution in [0.5, 0.6) is 0 Å². The van der Waals surface area contributed by atoms with Gasteiger partial charge in [0.15, 0.2) is 0 Å². The zero-order valence-electron chi connectivity index (χ0n) is 13.4. The van der Waals surface area contributed by atoms with Crippen LogP contribution in [0, 0.1) is 0 Å². The molecule has 0 fully saturated rings. The lowest BCUT2D eigenvalue weighted by atomic mass is 9.89. The van der Waals surface area contributed by atoms with Crippen LogP contribution in [0.1, 0.15) is 40.0 Å². The molecule has 24 heavy (non-hydrogen) atoms. The summed E-state index contributed by atoms with van der Waals surface area (Å²) in [6, 6.07) is 9.53. The molecule has 1 aromatic carbocycles. The van der Waals surface area contributed by atoms with Crippen LogP contribution >= 0.6 is 0 Å². The SMILES string of the molecule is O=C(NCc1ccccn1)c1cc2c3c(c1)CCC(=O)N3CCC2. The molecule has 2 amide bonds. The molecule has 0 aliphatic carbocycles. The topological polar surface area (TPSA) is 62.3 Å². The van der Waals surface area contributed by atoms with E-state index >= 15 is 0 Å². The largest absolute Gasteiger partial charge is 0.346 e. The molecular formula is C19H19N3O2. The molecule has 2 aliphatic heterocycles. The summed E-state index contributed by atoms with van der Waals surface area (Å²) in [4.78, 5) is 30.7. The molecule has 0 spiro atoms. The predicted molar refractivity (Wildman–Crippen MR) is 90.8 cm³/mol. The van der Waals surface area contributed by atoms with Gasteiger partial charge in [-0.3, -0.25) is 14.6 Å². The Hall–Kier alpha value is -2.69. The van der Waals surface area contributed by atoms with E-state index in [4.69, 9.17) is 0 Å². The summed E-state index contributed by atoms with van der Waals surface area (Å²) in [5, 5.41) is 2.93. The predicted octanol–water partition coefficient (Wildman–Crippen LogP) is 2.24. The number of anilines is 1. The van der Waals surface area contributed by atoms with Crippen LogP contribution in [-0.4, -0.2) is 23.3 Å². The minimum Gasteiger partial charge on any atom is -0.346 e. The third-order valence-corrected chi connectivity index (χ3v) is 4.69. The molecule has 2 aromatic rings. The van der Waals surface area contributed by atoms with Crippen LogP contribution in [0.25, 0.3) is 0 Å². The Morgan fingerprint density at radius 3 is 2.79 bits per heavy atom. The second kappa shape index (κ2) is 6.07. The van der Waals surface area contributed by atoms with Crippen LogP contribution in [0.15, 0.2) is 36.5 Å². The molecule has 0 saturated carbocycles. The van der Waals surface area contributed by atoms with E-state index in [9.17, 15) is 9.59 Å². The summed E-state index contributed by atoms with van der Waals surface area (Å²) in [6.45, 7) is 1.21. The van der Waals surface area contributed by atoms with Gasteiger partial charge in [-0.2, -0.15) is 0 Å². The van der Waals surface area contributed by atoms with Gasteiger partial charge in [0.25, 0.3) is 5.91 Å². The first-order chi connectivity index (χ1) is 11.7. The molecule has 0 unspecified atom stereocenters. The summed E-state index contributed by atoms with van der Waals surface area (Å²) in [6.07, 6.45) is 4.85. The Morgan fingerprint density at radius 2 is 2.00 bits per heavy atom. The van der Waals surface area contributed by atoms with Gasteiger partial charge in [-0.25, -0.2) is 0 Å². The van der Waals surface area contributed by atoms with Crippen LogP contribution in [0.3, 0.4) is 0 Å². The second-order valence-electron chi connectivity index (χ2n) is 6.30. The fourth-order valence-electron chi connectivity index (χ4n) is 3.56. The van der Waals surface area contributed by atoms with Crippen molar-refractivity contribution in [2.75, 3.05) is 11.4 Å². The smallest absolute Gasteiger partial charge is 0.251 e. The van der Waals surface area contributed by atoms with E-state index < -0.39 is 0 Å². The Labute approximate surface area is 140 Å². The van der Waals surface area contributed by atoms with E-state index in [0.29, 0.717) is 18.5 Å². The lowest BCUT2D eigenvalue weighted by Gasteiger charge is -2.35. The normalized spacial score (nSPS) is 15.8. The number of nitrogens with zero attached hydrogens (tertiary/aromatic N) is 2. The van der Waals surface area contributed by atoms with Crippen molar-refractivity contribution >= 4 is 17.5 Å². The lowest BCUT2D eigenvalue weighted by molar-refractivity contribution is -0.119. The number of carbonyl (C=O) groups is 2. The van der Waals surface area contributed by atoms with Gasteiger partial charge in [-0.15, -0.1) is 0 Å². The molecule has 0 radical (unpaired) electrons. The number of amides is 2. The van der Waals surface area contributed by atoms with Gasteiger partial charge in [0, 0.05) is 24.7 Å². The maximum Gasteiger partial charge on any atom is 0.251 e. The van der Waals surface area contributed by atoms with Crippen molar-refractivity contribution < 1.29 is 9.59 Å². The second-order valence-corrected chi connectivity index (χ2v) is 6.30. The number of rotatable bonds is 3. The van der Waals surface area contributed by atoms with Crippen molar-refractivity contribution in [2.24, 2.45) is 0 Å². The quantitative estimate of drug-likeness (QED) is 0.943. The van der Waals surface area contributed by atoms with E-state index in [1.165, 1.54) is 0 Å². The maximum absolute atomic E-state index is 12.5. The highest BCUT2D eigenvalue weighted by atomic mass is 16.2. The summed E-state index contributed by atoms with van der Waals surface area (Å²) in [5.74, 6) is 0.115. The molecule has 0 saturated heterocycles. The highest BCUT2D eigenvalue weighted by Crippen LogP contribution is 2.36. The monoisotopic (exact) mass is 321 g/mol. The van der Waals surface area contributed by atoms with E-state index in [0.717, 1.165) is 48.3 Å². The van der Waals surface area contributed by atoms with E-state index in [-0.39, 0.29) is 11.8 Å². The number of benzene rings is 1. The van der Waals surface area contributed by atoms with Gasteiger partial charge >= 0.3 is 0 Å². The highest BCUT2D eigenvalue weighted by molar-refractivity contribution is 6.00. The zero-order valence-corrected chi connectivity index (χ0v) is 13.4. The first kappa shape index (κ1) is 14.9. The molecule has 0 atom stereocenters. The Bertz CT molecular complexity index is 785. The first-order valence-electron chi connectivity index (χ1n) is 8.36. The van der Waals surface area contributed by atoms with Gasteiger partial charge in [0.05, 0.1) is 17.9 Å². The number of aromatic nitrogens is 1. The molecular weight excluding hydrogens is 302 g/mol. The number of carbonyl (C=O) groups excluding carboxylic acids is 2. The molecule has 0 bridgehead atoms. The number of hydrogen-bond acceptors (Lipinski definition) is 3. The zero-order chi connectivity index (χ0) is 16.5. The average Bonchev–Trinajstić information content (AvgIpc) is 2.63. The number of nitrogens with one attached hydrogen (secondary N) is 1. The standard InChI is InChI=1S/C19H19N3O2/c23-17-7-6-14-11-15(10-13-4-3-9-22(17)18(13)14)19(24)21-12-16-5-1-2-8-20-16/h1-2,5,8,10-11H,3-4,6-7,9,12H2,(H,21,24). The van der Waals surface area contributed by atoms with Crippen LogP contribution in [-0.2, 0) is 24.2 Å². The van der Waals surface area contributed by atoms with Crippen molar-refractivity contribution in [3.05, 3.63) is 58.9 Å². The fraction of sp³-hybridized carbons (Fsp3) is 0.316. The summed E-state index contributed by atoms with van der Waals surface area (Å²) >= 11 is 0. The van der Waals surface area contributed by atoms with Crippen molar-refractivity contribution in [1.82, 2.24) is 10.3 Å². The number of aryl methyl sites for hydroxylation is 2. The first-order valence-corrected chi connectivity index (χ1v) is 8.36. The van der Waals surface area contributed by atoms with Gasteiger partial charge in [-0.05, 0) is 54.7 Å². The molecule has 1 N–H and O–H groups in total. The molecule has 2 aliphatic rings. The minimum atomic E-state index is -0.0891. The minimum absolute atomic E-state index is 0.0891. The van der Waals surface area contributed by atoms with Crippen LogP contribution in [0.4, 0.5) is 5.69 Å². The maximum atomic E-state index is 12.5. The van der Waals surface area contributed by atoms with Crippen molar-refractivity contribution in [3.8, 4) is 0 Å². The van der Waals surface area contributed by atoms with Crippen LogP contribution < -0.4 is 10.2 Å². The van der Waals surface area contributed by atoms with E-state index in [1.54, 1.807) is 6.20 Å². The van der Waals surface area contributed by atoms with Gasteiger partial charge < -0.3 is 10.2 Å². The molecule has 4 rings (SSSR count). The van der Waals surface area contributed by atoms with Gasteiger partial charge in [0.2, 0.25) is 5.91 Å². The van der Waals surface area contributed by atoms with E-state index in [1.807, 2.05) is 35.2 Å². The number of pyridine rings is 1. The third-order valence-electron chi connectivity index (χ3n) is 4.69. The van der Waals surface area contributed by atoms with Crippen molar-refractivity contribution in [2.45, 2.75) is 32.2 Å². The lowest BCUT2D eigenvalue weighted by Crippen LogP contribution is -2.39. The van der Waals surface area contributed by atoms with Crippen LogP contribution in [0.2, 0.25) is 0 Å². The van der Waals surface area contributed by atoms with Crippen molar-refractivity contribution in [3.63, 3.8) is 0 Å². The summed E-state index contributed by atoms with van der Waals surface area (Å²) < 4.78 is 0. The van der Waals surface area contributed by atoms with Gasteiger partial charge in [-0.1, -0.05) is 6.07 Å². The molecule has 5 heteroatoms.